The minimum Gasteiger partial charge on any atom is -0.378 e. The van der Waals surface area contributed by atoms with Gasteiger partial charge in [-0.15, -0.1) is 0 Å². The first-order valence-corrected chi connectivity index (χ1v) is 8.96. The van der Waals surface area contributed by atoms with Gasteiger partial charge in [-0.25, -0.2) is 0 Å². The lowest BCUT2D eigenvalue weighted by atomic mass is 9.89. The molecule has 0 radical (unpaired) electrons. The average molecular weight is 345 g/mol. The molecule has 0 aliphatic carbocycles. The number of hydrogen-bond acceptors (Lipinski definition) is 4. The summed E-state index contributed by atoms with van der Waals surface area (Å²) in [5.74, 6) is -0.164. The van der Waals surface area contributed by atoms with Crippen molar-refractivity contribution in [3.05, 3.63) is 30.3 Å². The number of morpholine rings is 1. The van der Waals surface area contributed by atoms with E-state index in [9.17, 15) is 9.59 Å². The molecule has 2 amide bonds. The van der Waals surface area contributed by atoms with Crippen molar-refractivity contribution in [1.82, 2.24) is 9.80 Å². The number of rotatable bonds is 3. The largest absolute Gasteiger partial charge is 0.378 e. The normalized spacial score (nSPS) is 19.0. The number of ether oxygens (including phenoxy) is 1. The highest BCUT2D eigenvalue weighted by atomic mass is 16.5. The standard InChI is InChI=1S/C19H27N3O3/c1-19(2,18(24)22-12-14-25-15-13-22)17(23)21-10-8-20(9-11-21)16-6-4-3-5-7-16/h3-7H,8-15H2,1-2H3. The molecule has 6 heteroatoms. The predicted octanol–water partition coefficient (Wildman–Crippen LogP) is 1.22. The number of para-hydroxylation sites is 1. The van der Waals surface area contributed by atoms with Crippen molar-refractivity contribution in [3.63, 3.8) is 0 Å². The first-order chi connectivity index (χ1) is 12.0. The summed E-state index contributed by atoms with van der Waals surface area (Å²) in [5, 5.41) is 0. The van der Waals surface area contributed by atoms with E-state index in [1.165, 1.54) is 5.69 Å². The molecule has 0 N–H and O–H groups in total. The lowest BCUT2D eigenvalue weighted by molar-refractivity contribution is -0.156. The van der Waals surface area contributed by atoms with Crippen LogP contribution in [0.5, 0.6) is 0 Å². The van der Waals surface area contributed by atoms with Crippen LogP contribution >= 0.6 is 0 Å². The summed E-state index contributed by atoms with van der Waals surface area (Å²) >= 11 is 0. The zero-order valence-electron chi connectivity index (χ0n) is 15.1. The summed E-state index contributed by atoms with van der Waals surface area (Å²) in [7, 11) is 0. The molecule has 3 rings (SSSR count). The van der Waals surface area contributed by atoms with E-state index in [0.29, 0.717) is 39.4 Å². The van der Waals surface area contributed by atoms with E-state index in [1.54, 1.807) is 18.7 Å². The minimum absolute atomic E-state index is 0.0725. The Balaban J connectivity index is 1.60. The van der Waals surface area contributed by atoms with Crippen molar-refractivity contribution in [1.29, 1.82) is 0 Å². The zero-order chi connectivity index (χ0) is 17.9. The van der Waals surface area contributed by atoms with Gasteiger partial charge in [-0.2, -0.15) is 0 Å². The molecule has 25 heavy (non-hydrogen) atoms. The Morgan fingerprint density at radius 2 is 1.36 bits per heavy atom. The van der Waals surface area contributed by atoms with Crippen LogP contribution in [0.4, 0.5) is 5.69 Å². The van der Waals surface area contributed by atoms with Crippen LogP contribution in [0.2, 0.25) is 0 Å². The fourth-order valence-electron chi connectivity index (χ4n) is 3.46. The minimum atomic E-state index is -1.02. The van der Waals surface area contributed by atoms with E-state index >= 15 is 0 Å². The van der Waals surface area contributed by atoms with Crippen LogP contribution < -0.4 is 4.90 Å². The highest BCUT2D eigenvalue weighted by Crippen LogP contribution is 2.25. The Morgan fingerprint density at radius 3 is 1.92 bits per heavy atom. The molecule has 0 aromatic heterocycles. The van der Waals surface area contributed by atoms with E-state index in [1.807, 2.05) is 23.1 Å². The van der Waals surface area contributed by atoms with Gasteiger partial charge in [0, 0.05) is 45.0 Å². The van der Waals surface area contributed by atoms with Gasteiger partial charge in [-0.3, -0.25) is 9.59 Å². The SMILES string of the molecule is CC(C)(C(=O)N1CCOCC1)C(=O)N1CCN(c2ccccc2)CC1. The molecule has 2 saturated heterocycles. The molecular weight excluding hydrogens is 318 g/mol. The maximum atomic E-state index is 13.0. The molecule has 2 aliphatic rings. The summed E-state index contributed by atoms with van der Waals surface area (Å²) in [6, 6.07) is 10.2. The van der Waals surface area contributed by atoms with Crippen molar-refractivity contribution in [2.45, 2.75) is 13.8 Å². The average Bonchev–Trinajstić information content (AvgIpc) is 2.68. The first kappa shape index (κ1) is 17.7. The van der Waals surface area contributed by atoms with E-state index in [-0.39, 0.29) is 11.8 Å². The van der Waals surface area contributed by atoms with Gasteiger partial charge < -0.3 is 19.4 Å². The zero-order valence-corrected chi connectivity index (χ0v) is 15.1. The van der Waals surface area contributed by atoms with Gasteiger partial charge in [-0.05, 0) is 26.0 Å². The molecule has 6 nitrogen and oxygen atoms in total. The molecule has 0 atom stereocenters. The smallest absolute Gasteiger partial charge is 0.237 e. The third-order valence-electron chi connectivity index (χ3n) is 5.06. The lowest BCUT2D eigenvalue weighted by Crippen LogP contribution is -2.57. The number of amides is 2. The van der Waals surface area contributed by atoms with Crippen LogP contribution in [0.15, 0.2) is 30.3 Å². The van der Waals surface area contributed by atoms with Crippen LogP contribution in [0.3, 0.4) is 0 Å². The number of anilines is 1. The third kappa shape index (κ3) is 3.79. The van der Waals surface area contributed by atoms with Gasteiger partial charge in [-0.1, -0.05) is 18.2 Å². The number of carbonyl (C=O) groups excluding carboxylic acids is 2. The lowest BCUT2D eigenvalue weighted by Gasteiger charge is -2.40. The summed E-state index contributed by atoms with van der Waals surface area (Å²) < 4.78 is 5.30. The molecular formula is C19H27N3O3. The Morgan fingerprint density at radius 1 is 0.840 bits per heavy atom. The molecule has 1 aromatic rings. The van der Waals surface area contributed by atoms with Gasteiger partial charge in [0.1, 0.15) is 5.41 Å². The van der Waals surface area contributed by atoms with Crippen LogP contribution in [0, 0.1) is 5.41 Å². The summed E-state index contributed by atoms with van der Waals surface area (Å²) in [6.45, 7) is 8.59. The molecule has 2 aliphatic heterocycles. The fourth-order valence-corrected chi connectivity index (χ4v) is 3.46. The van der Waals surface area contributed by atoms with Crippen molar-refractivity contribution >= 4 is 17.5 Å². The van der Waals surface area contributed by atoms with Crippen molar-refractivity contribution < 1.29 is 14.3 Å². The molecule has 0 bridgehead atoms. The number of hydrogen-bond donors (Lipinski definition) is 0. The highest BCUT2D eigenvalue weighted by molar-refractivity contribution is 6.04. The third-order valence-corrected chi connectivity index (χ3v) is 5.06. The Bertz CT molecular complexity index is 604. The molecule has 2 heterocycles. The first-order valence-electron chi connectivity index (χ1n) is 8.96. The van der Waals surface area contributed by atoms with E-state index in [2.05, 4.69) is 17.0 Å². The fraction of sp³-hybridized carbons (Fsp3) is 0.579. The second-order valence-corrected chi connectivity index (χ2v) is 7.14. The van der Waals surface area contributed by atoms with Gasteiger partial charge in [0.2, 0.25) is 11.8 Å². The topological polar surface area (TPSA) is 53.1 Å². The number of piperazine rings is 1. The number of carbonyl (C=O) groups is 2. The second kappa shape index (κ2) is 7.44. The molecule has 0 spiro atoms. The summed E-state index contributed by atoms with van der Waals surface area (Å²) in [5.41, 5.74) is 0.157. The van der Waals surface area contributed by atoms with Gasteiger partial charge in [0.05, 0.1) is 13.2 Å². The number of nitrogens with zero attached hydrogens (tertiary/aromatic N) is 3. The summed E-state index contributed by atoms with van der Waals surface area (Å²) in [6.07, 6.45) is 0. The van der Waals surface area contributed by atoms with E-state index < -0.39 is 5.41 Å². The molecule has 0 unspecified atom stereocenters. The summed E-state index contributed by atoms with van der Waals surface area (Å²) in [4.78, 5) is 31.6. The van der Waals surface area contributed by atoms with Crippen LogP contribution in [0.1, 0.15) is 13.8 Å². The van der Waals surface area contributed by atoms with E-state index in [4.69, 9.17) is 4.74 Å². The number of benzene rings is 1. The van der Waals surface area contributed by atoms with Crippen molar-refractivity contribution in [2.24, 2.45) is 5.41 Å². The Labute approximate surface area is 149 Å². The monoisotopic (exact) mass is 345 g/mol. The predicted molar refractivity (Wildman–Crippen MR) is 96.4 cm³/mol. The molecule has 136 valence electrons. The Hall–Kier alpha value is -2.08. The molecule has 1 aromatic carbocycles. The van der Waals surface area contributed by atoms with Crippen LogP contribution in [-0.4, -0.2) is 74.1 Å². The van der Waals surface area contributed by atoms with Crippen LogP contribution in [-0.2, 0) is 14.3 Å². The maximum absolute atomic E-state index is 13.0. The Kier molecular flexibility index (Phi) is 5.27. The van der Waals surface area contributed by atoms with Gasteiger partial charge in [0.25, 0.3) is 0 Å². The molecule has 0 saturated carbocycles. The quantitative estimate of drug-likeness (QED) is 0.773. The van der Waals surface area contributed by atoms with Crippen molar-refractivity contribution in [2.75, 3.05) is 57.4 Å². The molecule has 2 fully saturated rings. The van der Waals surface area contributed by atoms with Gasteiger partial charge in [0.15, 0.2) is 0 Å². The maximum Gasteiger partial charge on any atom is 0.237 e. The second-order valence-electron chi connectivity index (χ2n) is 7.14. The van der Waals surface area contributed by atoms with E-state index in [0.717, 1.165) is 13.1 Å². The highest BCUT2D eigenvalue weighted by Gasteiger charge is 2.42. The van der Waals surface area contributed by atoms with Crippen molar-refractivity contribution in [3.8, 4) is 0 Å². The van der Waals surface area contributed by atoms with Gasteiger partial charge >= 0.3 is 0 Å². The van der Waals surface area contributed by atoms with Crippen LogP contribution in [0.25, 0.3) is 0 Å².